The molecule has 1 aromatic heterocycles. The number of aryl methyl sites for hydroxylation is 3. The second-order valence-electron chi connectivity index (χ2n) is 5.09. The van der Waals surface area contributed by atoms with E-state index in [4.69, 9.17) is 0 Å². The third-order valence-corrected chi connectivity index (χ3v) is 3.17. The number of rotatable bonds is 4. The maximum Gasteiger partial charge on any atom is 0.314 e. The molecule has 4 heteroatoms. The SMILES string of the molecule is Cc1ccc(CC(C(=O)O)c2nc(C)cc(C)n2)cc1. The minimum absolute atomic E-state index is 0.385. The summed E-state index contributed by atoms with van der Waals surface area (Å²) >= 11 is 0. The summed E-state index contributed by atoms with van der Waals surface area (Å²) in [4.78, 5) is 20.1. The third-order valence-electron chi connectivity index (χ3n) is 3.17. The predicted octanol–water partition coefficient (Wildman–Crippen LogP) is 2.81. The normalized spacial score (nSPS) is 12.2. The first-order valence-corrected chi connectivity index (χ1v) is 6.56. The summed E-state index contributed by atoms with van der Waals surface area (Å²) in [5.74, 6) is -1.22. The van der Waals surface area contributed by atoms with Crippen molar-refractivity contribution < 1.29 is 9.90 Å². The summed E-state index contributed by atoms with van der Waals surface area (Å²) < 4.78 is 0. The molecule has 0 fully saturated rings. The number of nitrogens with zero attached hydrogens (tertiary/aromatic N) is 2. The average molecular weight is 270 g/mol. The summed E-state index contributed by atoms with van der Waals surface area (Å²) in [5, 5.41) is 9.44. The van der Waals surface area contributed by atoms with Gasteiger partial charge >= 0.3 is 5.97 Å². The Morgan fingerprint density at radius 3 is 2.15 bits per heavy atom. The average Bonchev–Trinajstić information content (AvgIpc) is 2.36. The molecule has 2 rings (SSSR count). The van der Waals surface area contributed by atoms with Gasteiger partial charge in [-0.15, -0.1) is 0 Å². The fourth-order valence-corrected chi connectivity index (χ4v) is 2.16. The van der Waals surface area contributed by atoms with Crippen LogP contribution < -0.4 is 0 Å². The van der Waals surface area contributed by atoms with Crippen LogP contribution in [0.3, 0.4) is 0 Å². The Bertz CT molecular complexity index is 601. The van der Waals surface area contributed by atoms with Crippen LogP contribution in [0, 0.1) is 20.8 Å². The van der Waals surface area contributed by atoms with Crippen molar-refractivity contribution in [2.75, 3.05) is 0 Å². The number of hydrogen-bond acceptors (Lipinski definition) is 3. The molecule has 0 aliphatic carbocycles. The molecule has 1 heterocycles. The Hall–Kier alpha value is -2.23. The van der Waals surface area contributed by atoms with Crippen molar-refractivity contribution in [3.05, 3.63) is 58.7 Å². The van der Waals surface area contributed by atoms with Crippen molar-refractivity contribution in [2.45, 2.75) is 33.1 Å². The summed E-state index contributed by atoms with van der Waals surface area (Å²) in [7, 11) is 0. The lowest BCUT2D eigenvalue weighted by atomic mass is 9.97. The van der Waals surface area contributed by atoms with E-state index >= 15 is 0 Å². The lowest BCUT2D eigenvalue weighted by molar-refractivity contribution is -0.139. The molecule has 0 saturated heterocycles. The summed E-state index contributed by atoms with van der Waals surface area (Å²) in [6, 6.07) is 9.71. The summed E-state index contributed by atoms with van der Waals surface area (Å²) in [6.45, 7) is 5.71. The van der Waals surface area contributed by atoms with Crippen molar-refractivity contribution in [2.24, 2.45) is 0 Å². The van der Waals surface area contributed by atoms with E-state index in [1.165, 1.54) is 0 Å². The first-order chi connectivity index (χ1) is 9.45. The van der Waals surface area contributed by atoms with Crippen LogP contribution >= 0.6 is 0 Å². The van der Waals surface area contributed by atoms with Gasteiger partial charge in [0, 0.05) is 11.4 Å². The van der Waals surface area contributed by atoms with Gasteiger partial charge in [-0.1, -0.05) is 29.8 Å². The van der Waals surface area contributed by atoms with E-state index in [2.05, 4.69) is 9.97 Å². The Labute approximate surface area is 118 Å². The molecule has 1 aromatic carbocycles. The zero-order valence-corrected chi connectivity index (χ0v) is 11.9. The van der Waals surface area contributed by atoms with Gasteiger partial charge < -0.3 is 5.11 Å². The van der Waals surface area contributed by atoms with Crippen LogP contribution in [0.2, 0.25) is 0 Å². The minimum atomic E-state index is -0.893. The maximum absolute atomic E-state index is 11.5. The quantitative estimate of drug-likeness (QED) is 0.928. The smallest absolute Gasteiger partial charge is 0.314 e. The van der Waals surface area contributed by atoms with Gasteiger partial charge in [-0.05, 0) is 38.8 Å². The first kappa shape index (κ1) is 14.2. The highest BCUT2D eigenvalue weighted by Crippen LogP contribution is 2.19. The molecule has 1 unspecified atom stereocenters. The molecule has 0 aliphatic rings. The number of aromatic nitrogens is 2. The zero-order chi connectivity index (χ0) is 14.7. The van der Waals surface area contributed by atoms with Gasteiger partial charge in [-0.25, -0.2) is 9.97 Å². The molecular formula is C16H18N2O2. The van der Waals surface area contributed by atoms with Gasteiger partial charge in [0.05, 0.1) is 0 Å². The molecule has 2 aromatic rings. The van der Waals surface area contributed by atoms with E-state index < -0.39 is 11.9 Å². The van der Waals surface area contributed by atoms with Crippen LogP contribution in [0.5, 0.6) is 0 Å². The second-order valence-corrected chi connectivity index (χ2v) is 5.09. The molecule has 0 aliphatic heterocycles. The molecule has 104 valence electrons. The van der Waals surface area contributed by atoms with Crippen molar-refractivity contribution in [1.82, 2.24) is 9.97 Å². The number of carboxylic acid groups (broad SMARTS) is 1. The third kappa shape index (κ3) is 3.41. The highest BCUT2D eigenvalue weighted by atomic mass is 16.4. The van der Waals surface area contributed by atoms with Crippen LogP contribution in [0.4, 0.5) is 0 Å². The molecule has 4 nitrogen and oxygen atoms in total. The Morgan fingerprint density at radius 2 is 1.65 bits per heavy atom. The number of hydrogen-bond donors (Lipinski definition) is 1. The van der Waals surface area contributed by atoms with E-state index in [0.29, 0.717) is 12.2 Å². The van der Waals surface area contributed by atoms with E-state index in [-0.39, 0.29) is 0 Å². The van der Waals surface area contributed by atoms with Crippen molar-refractivity contribution in [3.63, 3.8) is 0 Å². The highest BCUT2D eigenvalue weighted by molar-refractivity contribution is 5.75. The molecule has 0 bridgehead atoms. The van der Waals surface area contributed by atoms with Crippen LogP contribution in [-0.2, 0) is 11.2 Å². The van der Waals surface area contributed by atoms with Crippen molar-refractivity contribution >= 4 is 5.97 Å². The van der Waals surface area contributed by atoms with E-state index in [1.807, 2.05) is 51.1 Å². The largest absolute Gasteiger partial charge is 0.481 e. The number of benzene rings is 1. The van der Waals surface area contributed by atoms with Gasteiger partial charge in [0.25, 0.3) is 0 Å². The Morgan fingerprint density at radius 1 is 1.10 bits per heavy atom. The first-order valence-electron chi connectivity index (χ1n) is 6.56. The topological polar surface area (TPSA) is 63.1 Å². The van der Waals surface area contributed by atoms with E-state index in [0.717, 1.165) is 22.5 Å². The van der Waals surface area contributed by atoms with Gasteiger partial charge in [0.2, 0.25) is 0 Å². The molecular weight excluding hydrogens is 252 g/mol. The Kier molecular flexibility index (Phi) is 4.13. The van der Waals surface area contributed by atoms with Gasteiger partial charge in [-0.2, -0.15) is 0 Å². The summed E-state index contributed by atoms with van der Waals surface area (Å²) in [5.41, 5.74) is 3.72. The molecule has 0 saturated carbocycles. The lowest BCUT2D eigenvalue weighted by Gasteiger charge is -2.12. The Balaban J connectivity index is 2.31. The van der Waals surface area contributed by atoms with Crippen molar-refractivity contribution in [3.8, 4) is 0 Å². The highest BCUT2D eigenvalue weighted by Gasteiger charge is 2.23. The van der Waals surface area contributed by atoms with Crippen LogP contribution in [0.1, 0.15) is 34.3 Å². The summed E-state index contributed by atoms with van der Waals surface area (Å²) in [6.07, 6.45) is 0.401. The zero-order valence-electron chi connectivity index (χ0n) is 11.9. The van der Waals surface area contributed by atoms with Gasteiger partial charge in [0.15, 0.2) is 0 Å². The lowest BCUT2D eigenvalue weighted by Crippen LogP contribution is -2.18. The monoisotopic (exact) mass is 270 g/mol. The van der Waals surface area contributed by atoms with E-state index in [1.54, 1.807) is 0 Å². The van der Waals surface area contributed by atoms with Gasteiger partial charge in [-0.3, -0.25) is 4.79 Å². The second kappa shape index (κ2) is 5.82. The van der Waals surface area contributed by atoms with Gasteiger partial charge in [0.1, 0.15) is 11.7 Å². The molecule has 0 spiro atoms. The van der Waals surface area contributed by atoms with Crippen molar-refractivity contribution in [1.29, 1.82) is 0 Å². The number of aliphatic carboxylic acids is 1. The molecule has 0 radical (unpaired) electrons. The standard InChI is InChI=1S/C16H18N2O2/c1-10-4-6-13(7-5-10)9-14(16(19)20)15-17-11(2)8-12(3)18-15/h4-8,14H,9H2,1-3H3,(H,19,20). The number of carboxylic acids is 1. The number of carbonyl (C=O) groups is 1. The minimum Gasteiger partial charge on any atom is -0.481 e. The fraction of sp³-hybridized carbons (Fsp3) is 0.312. The fourth-order valence-electron chi connectivity index (χ4n) is 2.16. The van der Waals surface area contributed by atoms with Crippen LogP contribution in [0.15, 0.2) is 30.3 Å². The molecule has 0 amide bonds. The van der Waals surface area contributed by atoms with Crippen LogP contribution in [-0.4, -0.2) is 21.0 Å². The predicted molar refractivity (Wildman–Crippen MR) is 76.8 cm³/mol. The molecule has 1 N–H and O–H groups in total. The maximum atomic E-state index is 11.5. The van der Waals surface area contributed by atoms with E-state index in [9.17, 15) is 9.90 Å². The molecule has 20 heavy (non-hydrogen) atoms. The molecule has 1 atom stereocenters. The van der Waals surface area contributed by atoms with Crippen LogP contribution in [0.25, 0.3) is 0 Å².